The maximum absolute atomic E-state index is 11.0. The highest BCUT2D eigenvalue weighted by Crippen LogP contribution is 2.21. The van der Waals surface area contributed by atoms with Crippen LogP contribution in [-0.4, -0.2) is 42.6 Å². The van der Waals surface area contributed by atoms with E-state index in [1.165, 1.54) is 6.21 Å². The molecule has 1 amide bonds. The lowest BCUT2D eigenvalue weighted by molar-refractivity contribution is -0.121. The lowest BCUT2D eigenvalue weighted by atomic mass is 10.1. The molecule has 0 aromatic heterocycles. The highest BCUT2D eigenvalue weighted by atomic mass is 16.5. The van der Waals surface area contributed by atoms with E-state index in [4.69, 9.17) is 16.2 Å². The first-order valence-corrected chi connectivity index (χ1v) is 4.65. The maximum atomic E-state index is 11.0. The van der Waals surface area contributed by atoms with Crippen molar-refractivity contribution in [3.05, 3.63) is 0 Å². The van der Waals surface area contributed by atoms with Crippen LogP contribution in [0.5, 0.6) is 0 Å². The van der Waals surface area contributed by atoms with E-state index in [0.29, 0.717) is 6.61 Å². The molecule has 0 aliphatic carbocycles. The van der Waals surface area contributed by atoms with Crippen molar-refractivity contribution in [3.63, 3.8) is 0 Å². The highest BCUT2D eigenvalue weighted by molar-refractivity contribution is 5.93. The summed E-state index contributed by atoms with van der Waals surface area (Å²) in [5, 5.41) is 5.83. The Labute approximate surface area is 81.9 Å². The zero-order chi connectivity index (χ0) is 10.1. The second-order valence-electron chi connectivity index (χ2n) is 3.58. The van der Waals surface area contributed by atoms with Crippen molar-refractivity contribution in [1.82, 2.24) is 5.01 Å². The smallest absolute Gasteiger partial charge is 0.229 e. The molecule has 2 heterocycles. The van der Waals surface area contributed by atoms with Gasteiger partial charge in [-0.3, -0.25) is 9.80 Å². The lowest BCUT2D eigenvalue weighted by Crippen LogP contribution is -2.49. The molecule has 2 aliphatic rings. The van der Waals surface area contributed by atoms with Crippen LogP contribution < -0.4 is 11.5 Å². The number of ether oxygens (including phenoxy) is 1. The molecule has 6 nitrogen and oxygen atoms in total. The molecule has 1 fully saturated rings. The Bertz CT molecular complexity index is 262. The molecule has 1 saturated heterocycles. The molecule has 0 saturated carbocycles. The van der Waals surface area contributed by atoms with E-state index in [9.17, 15) is 4.79 Å². The summed E-state index contributed by atoms with van der Waals surface area (Å²) in [6.45, 7) is 1.35. The first-order chi connectivity index (χ1) is 6.70. The average Bonchev–Trinajstić information content (AvgIpc) is 2.71. The van der Waals surface area contributed by atoms with Gasteiger partial charge in [0.1, 0.15) is 12.1 Å². The minimum absolute atomic E-state index is 0.186. The van der Waals surface area contributed by atoms with Gasteiger partial charge in [-0.2, -0.15) is 5.10 Å². The standard InChI is InChI=1S/C8H14N4O2/c9-7-6(8(10)13)3-11-12(7)5-1-2-14-4-5/h3,5-7H,1-2,4,9H2,(H2,10,13). The molecule has 0 bridgehead atoms. The quantitative estimate of drug-likeness (QED) is 0.562. The Morgan fingerprint density at radius 3 is 2.93 bits per heavy atom. The van der Waals surface area contributed by atoms with Crippen LogP contribution in [0.25, 0.3) is 0 Å². The van der Waals surface area contributed by atoms with Gasteiger partial charge < -0.3 is 16.2 Å². The zero-order valence-corrected chi connectivity index (χ0v) is 7.80. The molecule has 14 heavy (non-hydrogen) atoms. The summed E-state index contributed by atoms with van der Waals surface area (Å²) in [6.07, 6.45) is 1.99. The van der Waals surface area contributed by atoms with Gasteiger partial charge in [0.05, 0.1) is 12.6 Å². The van der Waals surface area contributed by atoms with Gasteiger partial charge >= 0.3 is 0 Å². The van der Waals surface area contributed by atoms with Gasteiger partial charge in [-0.15, -0.1) is 0 Å². The summed E-state index contributed by atoms with van der Waals surface area (Å²) >= 11 is 0. The van der Waals surface area contributed by atoms with Crippen molar-refractivity contribution in [2.75, 3.05) is 13.2 Å². The maximum Gasteiger partial charge on any atom is 0.229 e. The normalized spacial score (nSPS) is 36.6. The van der Waals surface area contributed by atoms with E-state index in [2.05, 4.69) is 5.10 Å². The minimum Gasteiger partial charge on any atom is -0.379 e. The highest BCUT2D eigenvalue weighted by Gasteiger charge is 2.36. The summed E-state index contributed by atoms with van der Waals surface area (Å²) < 4.78 is 5.23. The molecule has 0 radical (unpaired) electrons. The van der Waals surface area contributed by atoms with Gasteiger partial charge in [0.25, 0.3) is 0 Å². The number of nitrogens with two attached hydrogens (primary N) is 2. The van der Waals surface area contributed by atoms with Gasteiger partial charge in [0.2, 0.25) is 5.91 Å². The van der Waals surface area contributed by atoms with Crippen LogP contribution in [-0.2, 0) is 9.53 Å². The van der Waals surface area contributed by atoms with Gasteiger partial charge in [-0.05, 0) is 6.42 Å². The molecule has 3 unspecified atom stereocenters. The first-order valence-electron chi connectivity index (χ1n) is 4.65. The van der Waals surface area contributed by atoms with Crippen LogP contribution in [0.4, 0.5) is 0 Å². The Hall–Kier alpha value is -1.14. The van der Waals surface area contributed by atoms with E-state index in [1.54, 1.807) is 5.01 Å². The molecule has 2 rings (SSSR count). The fourth-order valence-corrected chi connectivity index (χ4v) is 1.79. The Morgan fingerprint density at radius 1 is 1.64 bits per heavy atom. The molecule has 4 N–H and O–H groups in total. The largest absolute Gasteiger partial charge is 0.379 e. The van der Waals surface area contributed by atoms with Gasteiger partial charge in [-0.25, -0.2) is 0 Å². The number of nitrogens with zero attached hydrogens (tertiary/aromatic N) is 2. The predicted molar refractivity (Wildman–Crippen MR) is 50.2 cm³/mol. The van der Waals surface area contributed by atoms with Crippen LogP contribution in [0.1, 0.15) is 6.42 Å². The molecular formula is C8H14N4O2. The molecule has 0 aromatic carbocycles. The SMILES string of the molecule is NC(=O)C1C=NN(C2CCOC2)C1N. The molecule has 6 heteroatoms. The molecule has 0 spiro atoms. The molecule has 0 aromatic rings. The Morgan fingerprint density at radius 2 is 2.43 bits per heavy atom. The molecule has 3 atom stereocenters. The lowest BCUT2D eigenvalue weighted by Gasteiger charge is -2.27. The zero-order valence-electron chi connectivity index (χ0n) is 7.80. The summed E-state index contributed by atoms with van der Waals surface area (Å²) in [6, 6.07) is 0.186. The number of rotatable bonds is 2. The van der Waals surface area contributed by atoms with Crippen molar-refractivity contribution in [2.24, 2.45) is 22.5 Å². The monoisotopic (exact) mass is 198 g/mol. The molecule has 78 valence electrons. The predicted octanol–water partition coefficient (Wildman–Crippen LogP) is -1.54. The molecule has 2 aliphatic heterocycles. The Kier molecular flexibility index (Phi) is 2.39. The third-order valence-corrected chi connectivity index (χ3v) is 2.64. The topological polar surface area (TPSA) is 93.9 Å². The van der Waals surface area contributed by atoms with Gasteiger partial charge in [-0.1, -0.05) is 0 Å². The first kappa shape index (κ1) is 9.42. The van der Waals surface area contributed by atoms with Crippen LogP contribution in [0.2, 0.25) is 0 Å². The second kappa shape index (κ2) is 3.55. The van der Waals surface area contributed by atoms with E-state index in [1.807, 2.05) is 0 Å². The number of primary amides is 1. The summed E-state index contributed by atoms with van der Waals surface area (Å²) in [4.78, 5) is 11.0. The fraction of sp³-hybridized carbons (Fsp3) is 0.750. The number of hydrogen-bond acceptors (Lipinski definition) is 5. The number of carbonyl (C=O) groups is 1. The van der Waals surface area contributed by atoms with Gasteiger partial charge in [0.15, 0.2) is 0 Å². The van der Waals surface area contributed by atoms with Crippen molar-refractivity contribution in [3.8, 4) is 0 Å². The number of carbonyl (C=O) groups excluding carboxylic acids is 1. The van der Waals surface area contributed by atoms with Crippen LogP contribution in [0.3, 0.4) is 0 Å². The van der Waals surface area contributed by atoms with Crippen LogP contribution in [0.15, 0.2) is 5.10 Å². The van der Waals surface area contributed by atoms with Crippen molar-refractivity contribution in [1.29, 1.82) is 0 Å². The van der Waals surface area contributed by atoms with E-state index < -0.39 is 18.0 Å². The van der Waals surface area contributed by atoms with E-state index in [-0.39, 0.29) is 6.04 Å². The Balaban J connectivity index is 2.03. The second-order valence-corrected chi connectivity index (χ2v) is 3.58. The summed E-state index contributed by atoms with van der Waals surface area (Å²) in [7, 11) is 0. The summed E-state index contributed by atoms with van der Waals surface area (Å²) in [5.74, 6) is -0.904. The molecular weight excluding hydrogens is 184 g/mol. The number of hydrogen-bond donors (Lipinski definition) is 2. The fourth-order valence-electron chi connectivity index (χ4n) is 1.79. The van der Waals surface area contributed by atoms with Crippen LogP contribution in [0, 0.1) is 5.92 Å². The van der Waals surface area contributed by atoms with E-state index >= 15 is 0 Å². The third kappa shape index (κ3) is 1.46. The third-order valence-electron chi connectivity index (χ3n) is 2.64. The number of hydrazone groups is 1. The van der Waals surface area contributed by atoms with Crippen molar-refractivity contribution in [2.45, 2.75) is 18.6 Å². The van der Waals surface area contributed by atoms with Crippen LogP contribution >= 0.6 is 0 Å². The summed E-state index contributed by atoms with van der Waals surface area (Å²) in [5.41, 5.74) is 11.0. The minimum atomic E-state index is -0.476. The van der Waals surface area contributed by atoms with Crippen molar-refractivity contribution < 1.29 is 9.53 Å². The van der Waals surface area contributed by atoms with Crippen molar-refractivity contribution >= 4 is 12.1 Å². The van der Waals surface area contributed by atoms with Gasteiger partial charge in [0, 0.05) is 12.8 Å². The number of amides is 1. The van der Waals surface area contributed by atoms with E-state index in [0.717, 1.165) is 13.0 Å². The average molecular weight is 198 g/mol.